The molecule has 1 aromatic heterocycles. The van der Waals surface area contributed by atoms with E-state index in [0.29, 0.717) is 22.2 Å². The van der Waals surface area contributed by atoms with Crippen LogP contribution >= 0.6 is 23.6 Å². The van der Waals surface area contributed by atoms with Crippen molar-refractivity contribution >= 4 is 39.7 Å². The SMILES string of the molecule is COc1ccc(C(=O)NC(=S)Nc2nc(-c3ccccc3)cs2)cc1OC. The lowest BCUT2D eigenvalue weighted by molar-refractivity contribution is 0.0977. The van der Waals surface area contributed by atoms with Crippen molar-refractivity contribution in [1.29, 1.82) is 0 Å². The number of ether oxygens (including phenoxy) is 2. The highest BCUT2D eigenvalue weighted by molar-refractivity contribution is 7.80. The van der Waals surface area contributed by atoms with Gasteiger partial charge in [-0.1, -0.05) is 30.3 Å². The minimum Gasteiger partial charge on any atom is -0.493 e. The maximum Gasteiger partial charge on any atom is 0.257 e. The molecule has 0 unspecified atom stereocenters. The number of rotatable bonds is 5. The van der Waals surface area contributed by atoms with Crippen LogP contribution < -0.4 is 20.1 Å². The molecule has 0 saturated heterocycles. The Kier molecular flexibility index (Phi) is 6.00. The molecule has 8 heteroatoms. The second-order valence-electron chi connectivity index (χ2n) is 5.38. The van der Waals surface area contributed by atoms with Gasteiger partial charge in [0.2, 0.25) is 0 Å². The zero-order valence-electron chi connectivity index (χ0n) is 14.7. The molecule has 0 aliphatic rings. The van der Waals surface area contributed by atoms with Gasteiger partial charge in [-0.25, -0.2) is 4.98 Å². The number of nitrogens with one attached hydrogen (secondary N) is 2. The molecule has 1 heterocycles. The van der Waals surface area contributed by atoms with Gasteiger partial charge in [0, 0.05) is 16.5 Å². The Morgan fingerprint density at radius 3 is 2.52 bits per heavy atom. The molecular weight excluding hydrogens is 382 g/mol. The van der Waals surface area contributed by atoms with E-state index in [9.17, 15) is 4.79 Å². The molecular formula is C19H17N3O3S2. The predicted molar refractivity (Wildman–Crippen MR) is 111 cm³/mol. The summed E-state index contributed by atoms with van der Waals surface area (Å²) in [6.07, 6.45) is 0. The van der Waals surface area contributed by atoms with E-state index in [4.69, 9.17) is 21.7 Å². The Labute approximate surface area is 166 Å². The average Bonchev–Trinajstić information content (AvgIpc) is 3.16. The molecule has 0 bridgehead atoms. The third-order valence-corrected chi connectivity index (χ3v) is 4.63. The fourth-order valence-electron chi connectivity index (χ4n) is 2.35. The first-order chi connectivity index (χ1) is 13.1. The second-order valence-corrected chi connectivity index (χ2v) is 6.65. The molecule has 0 aliphatic carbocycles. The lowest BCUT2D eigenvalue weighted by Crippen LogP contribution is -2.34. The number of hydrogen-bond donors (Lipinski definition) is 2. The van der Waals surface area contributed by atoms with Crippen LogP contribution in [0.5, 0.6) is 11.5 Å². The number of amides is 1. The van der Waals surface area contributed by atoms with Crippen molar-refractivity contribution in [2.45, 2.75) is 0 Å². The summed E-state index contributed by atoms with van der Waals surface area (Å²) in [6, 6.07) is 14.7. The predicted octanol–water partition coefficient (Wildman–Crippen LogP) is 3.95. The van der Waals surface area contributed by atoms with Crippen LogP contribution in [-0.2, 0) is 0 Å². The number of carbonyl (C=O) groups is 1. The normalized spacial score (nSPS) is 10.1. The highest BCUT2D eigenvalue weighted by Gasteiger charge is 2.13. The van der Waals surface area contributed by atoms with Crippen molar-refractivity contribution in [3.8, 4) is 22.8 Å². The number of methoxy groups -OCH3 is 2. The highest BCUT2D eigenvalue weighted by atomic mass is 32.1. The smallest absolute Gasteiger partial charge is 0.257 e. The van der Waals surface area contributed by atoms with Crippen molar-refractivity contribution in [2.75, 3.05) is 19.5 Å². The Balaban J connectivity index is 1.64. The Morgan fingerprint density at radius 1 is 1.07 bits per heavy atom. The van der Waals surface area contributed by atoms with Gasteiger partial charge < -0.3 is 14.8 Å². The van der Waals surface area contributed by atoms with Crippen molar-refractivity contribution in [2.24, 2.45) is 0 Å². The molecule has 2 N–H and O–H groups in total. The molecule has 1 amide bonds. The summed E-state index contributed by atoms with van der Waals surface area (Å²) in [5.41, 5.74) is 2.26. The van der Waals surface area contributed by atoms with Crippen LogP contribution in [-0.4, -0.2) is 30.2 Å². The molecule has 0 radical (unpaired) electrons. The molecule has 3 rings (SSSR count). The van der Waals surface area contributed by atoms with Crippen LogP contribution in [0.3, 0.4) is 0 Å². The lowest BCUT2D eigenvalue weighted by Gasteiger charge is -2.10. The van der Waals surface area contributed by atoms with E-state index in [1.165, 1.54) is 25.6 Å². The number of aromatic nitrogens is 1. The van der Waals surface area contributed by atoms with Crippen LogP contribution in [0.15, 0.2) is 53.9 Å². The van der Waals surface area contributed by atoms with Crippen LogP contribution in [0.2, 0.25) is 0 Å². The number of thiocarbonyl (C=S) groups is 1. The van der Waals surface area contributed by atoms with Gasteiger partial charge in [0.25, 0.3) is 5.91 Å². The number of nitrogens with zero attached hydrogens (tertiary/aromatic N) is 1. The fourth-order valence-corrected chi connectivity index (χ4v) is 3.33. The highest BCUT2D eigenvalue weighted by Crippen LogP contribution is 2.27. The van der Waals surface area contributed by atoms with Crippen molar-refractivity contribution in [1.82, 2.24) is 10.3 Å². The lowest BCUT2D eigenvalue weighted by atomic mass is 10.2. The average molecular weight is 399 g/mol. The molecule has 0 aliphatic heterocycles. The molecule has 0 spiro atoms. The van der Waals surface area contributed by atoms with Gasteiger partial charge in [-0.15, -0.1) is 11.3 Å². The first kappa shape index (κ1) is 18.8. The van der Waals surface area contributed by atoms with Gasteiger partial charge in [-0.3, -0.25) is 10.1 Å². The van der Waals surface area contributed by atoms with Crippen LogP contribution in [0.25, 0.3) is 11.3 Å². The van der Waals surface area contributed by atoms with E-state index in [1.807, 2.05) is 35.7 Å². The minimum atomic E-state index is -0.353. The zero-order valence-corrected chi connectivity index (χ0v) is 16.3. The molecule has 2 aromatic carbocycles. The summed E-state index contributed by atoms with van der Waals surface area (Å²) in [7, 11) is 3.05. The number of hydrogen-bond acceptors (Lipinski definition) is 6. The van der Waals surface area contributed by atoms with E-state index < -0.39 is 0 Å². The Morgan fingerprint density at radius 2 is 1.81 bits per heavy atom. The first-order valence-electron chi connectivity index (χ1n) is 7.96. The van der Waals surface area contributed by atoms with Crippen LogP contribution in [0.4, 0.5) is 5.13 Å². The standard InChI is InChI=1S/C19H17N3O3S2/c1-24-15-9-8-13(10-16(15)25-2)17(23)21-18(26)22-19-20-14(11-27-19)12-6-4-3-5-7-12/h3-11H,1-2H3,(H2,20,21,22,23,26). The van der Waals surface area contributed by atoms with Crippen LogP contribution in [0, 0.1) is 0 Å². The maximum atomic E-state index is 12.4. The summed E-state index contributed by atoms with van der Waals surface area (Å²) >= 11 is 6.62. The monoisotopic (exact) mass is 399 g/mol. The van der Waals surface area contributed by atoms with Gasteiger partial charge >= 0.3 is 0 Å². The summed E-state index contributed by atoms with van der Waals surface area (Å²) in [6.45, 7) is 0. The van der Waals surface area contributed by atoms with Gasteiger partial charge in [0.1, 0.15) is 0 Å². The summed E-state index contributed by atoms with van der Waals surface area (Å²) < 4.78 is 10.4. The van der Waals surface area contributed by atoms with Crippen LogP contribution in [0.1, 0.15) is 10.4 Å². The van der Waals surface area contributed by atoms with Gasteiger partial charge in [-0.2, -0.15) is 0 Å². The van der Waals surface area contributed by atoms with Crippen molar-refractivity contribution < 1.29 is 14.3 Å². The molecule has 27 heavy (non-hydrogen) atoms. The number of thiazole rings is 1. The van der Waals surface area contributed by atoms with Crippen molar-refractivity contribution in [3.63, 3.8) is 0 Å². The molecule has 6 nitrogen and oxygen atoms in total. The third-order valence-electron chi connectivity index (χ3n) is 3.67. The maximum absolute atomic E-state index is 12.4. The number of carbonyl (C=O) groups excluding carboxylic acids is 1. The number of anilines is 1. The van der Waals surface area contributed by atoms with Gasteiger partial charge in [-0.05, 0) is 30.4 Å². The summed E-state index contributed by atoms with van der Waals surface area (Å²) in [5.74, 6) is 0.663. The largest absolute Gasteiger partial charge is 0.493 e. The van der Waals surface area contributed by atoms with E-state index in [-0.39, 0.29) is 11.0 Å². The van der Waals surface area contributed by atoms with Gasteiger partial charge in [0.05, 0.1) is 19.9 Å². The molecule has 0 fully saturated rings. The van der Waals surface area contributed by atoms with E-state index in [1.54, 1.807) is 18.2 Å². The molecule has 0 saturated carbocycles. The third kappa shape index (κ3) is 4.60. The van der Waals surface area contributed by atoms with E-state index >= 15 is 0 Å². The van der Waals surface area contributed by atoms with E-state index in [2.05, 4.69) is 15.6 Å². The Bertz CT molecular complexity index is 958. The van der Waals surface area contributed by atoms with Gasteiger partial charge in [0.15, 0.2) is 21.7 Å². The summed E-state index contributed by atoms with van der Waals surface area (Å²) in [5, 5.41) is 8.27. The molecule has 138 valence electrons. The minimum absolute atomic E-state index is 0.170. The summed E-state index contributed by atoms with van der Waals surface area (Å²) in [4.78, 5) is 16.9. The quantitative estimate of drug-likeness (QED) is 0.633. The number of benzene rings is 2. The van der Waals surface area contributed by atoms with E-state index in [0.717, 1.165) is 11.3 Å². The second kappa shape index (κ2) is 8.61. The Hall–Kier alpha value is -2.97. The zero-order chi connectivity index (χ0) is 19.2. The fraction of sp³-hybridized carbons (Fsp3) is 0.105. The molecule has 0 atom stereocenters. The van der Waals surface area contributed by atoms with Crippen molar-refractivity contribution in [3.05, 3.63) is 59.5 Å². The molecule has 3 aromatic rings. The topological polar surface area (TPSA) is 72.5 Å². The first-order valence-corrected chi connectivity index (χ1v) is 9.25.